The standard InChI is InChI=1S/C19H25N3O3/c1-5-16(18-12(2)21-22(4)13(18)3)20-17(23)11-8-14-6-9-15(10-7-14)19(24)25/h6-7,9-10,16H,5,8,11H2,1-4H3,(H,20,23)(H,24,25)/t16-/m0/s1. The number of carboxylic acid groups (broad SMARTS) is 1. The van der Waals surface area contributed by atoms with E-state index in [0.717, 1.165) is 28.9 Å². The summed E-state index contributed by atoms with van der Waals surface area (Å²) in [5.41, 5.74) is 4.29. The maximum absolute atomic E-state index is 12.3. The molecule has 2 rings (SSSR count). The number of carboxylic acids is 1. The summed E-state index contributed by atoms with van der Waals surface area (Å²) in [4.78, 5) is 23.2. The monoisotopic (exact) mass is 343 g/mol. The van der Waals surface area contributed by atoms with Gasteiger partial charge in [-0.15, -0.1) is 0 Å². The van der Waals surface area contributed by atoms with Crippen molar-refractivity contribution in [3.8, 4) is 0 Å². The van der Waals surface area contributed by atoms with Crippen LogP contribution in [0.25, 0.3) is 0 Å². The van der Waals surface area contributed by atoms with Gasteiger partial charge in [0.2, 0.25) is 5.91 Å². The lowest BCUT2D eigenvalue weighted by atomic mass is 10.0. The van der Waals surface area contributed by atoms with E-state index in [4.69, 9.17) is 5.11 Å². The van der Waals surface area contributed by atoms with Crippen molar-refractivity contribution < 1.29 is 14.7 Å². The first-order valence-electron chi connectivity index (χ1n) is 8.45. The number of hydrogen-bond acceptors (Lipinski definition) is 3. The number of nitrogens with zero attached hydrogens (tertiary/aromatic N) is 2. The van der Waals surface area contributed by atoms with Crippen LogP contribution in [0.5, 0.6) is 0 Å². The summed E-state index contributed by atoms with van der Waals surface area (Å²) >= 11 is 0. The van der Waals surface area contributed by atoms with E-state index in [9.17, 15) is 9.59 Å². The largest absolute Gasteiger partial charge is 0.478 e. The maximum atomic E-state index is 12.3. The molecule has 25 heavy (non-hydrogen) atoms. The Morgan fingerprint density at radius 3 is 2.36 bits per heavy atom. The SMILES string of the molecule is CC[C@H](NC(=O)CCc1ccc(C(=O)O)cc1)c1c(C)nn(C)c1C. The van der Waals surface area contributed by atoms with E-state index >= 15 is 0 Å². The van der Waals surface area contributed by atoms with Crippen LogP contribution in [0.3, 0.4) is 0 Å². The molecular weight excluding hydrogens is 318 g/mol. The van der Waals surface area contributed by atoms with Crippen LogP contribution in [-0.2, 0) is 18.3 Å². The molecule has 1 atom stereocenters. The molecule has 1 heterocycles. The fraction of sp³-hybridized carbons (Fsp3) is 0.421. The Labute approximate surface area is 147 Å². The van der Waals surface area contributed by atoms with Crippen molar-refractivity contribution in [2.24, 2.45) is 7.05 Å². The number of amides is 1. The Bertz CT molecular complexity index is 763. The van der Waals surface area contributed by atoms with E-state index in [0.29, 0.717) is 12.8 Å². The zero-order valence-electron chi connectivity index (χ0n) is 15.2. The molecule has 0 unspecified atom stereocenters. The first-order chi connectivity index (χ1) is 11.8. The molecule has 0 fully saturated rings. The van der Waals surface area contributed by atoms with Gasteiger partial charge in [0, 0.05) is 24.7 Å². The van der Waals surface area contributed by atoms with Crippen molar-refractivity contribution in [3.05, 3.63) is 52.3 Å². The third-order valence-corrected chi connectivity index (χ3v) is 4.50. The molecule has 6 heteroatoms. The van der Waals surface area contributed by atoms with Gasteiger partial charge in [-0.1, -0.05) is 19.1 Å². The first kappa shape index (κ1) is 18.7. The van der Waals surface area contributed by atoms with Crippen LogP contribution >= 0.6 is 0 Å². The summed E-state index contributed by atoms with van der Waals surface area (Å²) < 4.78 is 1.84. The van der Waals surface area contributed by atoms with Crippen molar-refractivity contribution >= 4 is 11.9 Å². The van der Waals surface area contributed by atoms with Crippen molar-refractivity contribution in [2.75, 3.05) is 0 Å². The number of aryl methyl sites for hydroxylation is 3. The molecule has 134 valence electrons. The quantitative estimate of drug-likeness (QED) is 0.809. The molecule has 2 aromatic rings. The summed E-state index contributed by atoms with van der Waals surface area (Å²) in [6.45, 7) is 6.01. The van der Waals surface area contributed by atoms with Gasteiger partial charge in [-0.25, -0.2) is 4.79 Å². The van der Waals surface area contributed by atoms with Crippen molar-refractivity contribution in [1.29, 1.82) is 0 Å². The van der Waals surface area contributed by atoms with Gasteiger partial charge in [0.1, 0.15) is 0 Å². The number of nitrogens with one attached hydrogen (secondary N) is 1. The van der Waals surface area contributed by atoms with Crippen molar-refractivity contribution in [1.82, 2.24) is 15.1 Å². The van der Waals surface area contributed by atoms with E-state index < -0.39 is 5.97 Å². The Morgan fingerprint density at radius 2 is 1.88 bits per heavy atom. The number of carbonyl (C=O) groups is 2. The summed E-state index contributed by atoms with van der Waals surface area (Å²) in [7, 11) is 1.90. The van der Waals surface area contributed by atoms with Gasteiger partial charge < -0.3 is 10.4 Å². The number of aromatic nitrogens is 2. The van der Waals surface area contributed by atoms with Crippen molar-refractivity contribution in [2.45, 2.75) is 46.1 Å². The van der Waals surface area contributed by atoms with E-state index in [-0.39, 0.29) is 17.5 Å². The smallest absolute Gasteiger partial charge is 0.335 e. The number of hydrogen-bond donors (Lipinski definition) is 2. The Balaban J connectivity index is 1.97. The topological polar surface area (TPSA) is 84.2 Å². The third-order valence-electron chi connectivity index (χ3n) is 4.50. The van der Waals surface area contributed by atoms with Crippen LogP contribution in [0, 0.1) is 13.8 Å². The lowest BCUT2D eigenvalue weighted by molar-refractivity contribution is -0.121. The van der Waals surface area contributed by atoms with E-state index in [1.165, 1.54) is 0 Å². The van der Waals surface area contributed by atoms with Crippen LogP contribution in [-0.4, -0.2) is 26.8 Å². The second kappa shape index (κ2) is 7.96. The second-order valence-electron chi connectivity index (χ2n) is 6.24. The van der Waals surface area contributed by atoms with Gasteiger partial charge >= 0.3 is 5.97 Å². The predicted molar refractivity (Wildman–Crippen MR) is 95.6 cm³/mol. The van der Waals surface area contributed by atoms with Gasteiger partial charge in [0.25, 0.3) is 0 Å². The minimum atomic E-state index is -0.947. The highest BCUT2D eigenvalue weighted by atomic mass is 16.4. The number of aromatic carboxylic acids is 1. The molecule has 0 aliphatic carbocycles. The van der Waals surface area contributed by atoms with Gasteiger partial charge in [-0.3, -0.25) is 9.48 Å². The minimum absolute atomic E-state index is 0.0168. The Morgan fingerprint density at radius 1 is 1.24 bits per heavy atom. The highest BCUT2D eigenvalue weighted by molar-refractivity contribution is 5.87. The molecule has 0 bridgehead atoms. The van der Waals surface area contributed by atoms with Crippen LogP contribution in [0.1, 0.15) is 58.7 Å². The number of rotatable bonds is 7. The van der Waals surface area contributed by atoms with Crippen LogP contribution in [0.2, 0.25) is 0 Å². The molecule has 6 nitrogen and oxygen atoms in total. The summed E-state index contributed by atoms with van der Waals surface area (Å²) in [6.07, 6.45) is 1.74. The summed E-state index contributed by atoms with van der Waals surface area (Å²) in [5, 5.41) is 16.4. The Hall–Kier alpha value is -2.63. The van der Waals surface area contributed by atoms with Gasteiger partial charge in [-0.05, 0) is 44.4 Å². The second-order valence-corrected chi connectivity index (χ2v) is 6.24. The zero-order chi connectivity index (χ0) is 18.6. The number of carbonyl (C=O) groups excluding carboxylic acids is 1. The lowest BCUT2D eigenvalue weighted by Crippen LogP contribution is -2.29. The van der Waals surface area contributed by atoms with Gasteiger partial charge in [0.15, 0.2) is 0 Å². The molecule has 1 aromatic carbocycles. The molecule has 0 aliphatic heterocycles. The van der Waals surface area contributed by atoms with E-state index in [1.807, 2.05) is 32.5 Å². The zero-order valence-corrected chi connectivity index (χ0v) is 15.2. The fourth-order valence-corrected chi connectivity index (χ4v) is 3.01. The van der Waals surface area contributed by atoms with Crippen molar-refractivity contribution in [3.63, 3.8) is 0 Å². The van der Waals surface area contributed by atoms with Crippen LogP contribution in [0.4, 0.5) is 0 Å². The highest BCUT2D eigenvalue weighted by Gasteiger charge is 2.20. The van der Waals surface area contributed by atoms with Gasteiger partial charge in [0.05, 0.1) is 17.3 Å². The molecule has 0 radical (unpaired) electrons. The maximum Gasteiger partial charge on any atom is 0.335 e. The first-order valence-corrected chi connectivity index (χ1v) is 8.45. The average Bonchev–Trinajstić information content (AvgIpc) is 2.83. The van der Waals surface area contributed by atoms with E-state index in [2.05, 4.69) is 10.4 Å². The van der Waals surface area contributed by atoms with E-state index in [1.54, 1.807) is 24.3 Å². The molecular formula is C19H25N3O3. The molecule has 2 N–H and O–H groups in total. The highest BCUT2D eigenvalue weighted by Crippen LogP contribution is 2.23. The fourth-order valence-electron chi connectivity index (χ4n) is 3.01. The summed E-state index contributed by atoms with van der Waals surface area (Å²) in [6, 6.07) is 6.59. The molecule has 0 saturated heterocycles. The average molecular weight is 343 g/mol. The minimum Gasteiger partial charge on any atom is -0.478 e. The van der Waals surface area contributed by atoms with Crippen LogP contribution in [0.15, 0.2) is 24.3 Å². The Kier molecular flexibility index (Phi) is 5.96. The molecule has 0 saturated carbocycles. The van der Waals surface area contributed by atoms with Crippen LogP contribution < -0.4 is 5.32 Å². The summed E-state index contributed by atoms with van der Waals surface area (Å²) in [5.74, 6) is -0.964. The predicted octanol–water partition coefficient (Wildman–Crippen LogP) is 2.94. The molecule has 1 aromatic heterocycles. The number of benzene rings is 1. The normalized spacial score (nSPS) is 12.0. The molecule has 0 aliphatic rings. The third kappa shape index (κ3) is 4.47. The lowest BCUT2D eigenvalue weighted by Gasteiger charge is -2.18. The van der Waals surface area contributed by atoms with Gasteiger partial charge in [-0.2, -0.15) is 5.10 Å². The molecule has 1 amide bonds. The molecule has 0 spiro atoms.